The summed E-state index contributed by atoms with van der Waals surface area (Å²) >= 11 is 0. The highest BCUT2D eigenvalue weighted by Crippen LogP contribution is 2.25. The molecule has 3 heteroatoms. The molecule has 2 aromatic carbocycles. The van der Waals surface area contributed by atoms with Gasteiger partial charge in [0.15, 0.2) is 0 Å². The first kappa shape index (κ1) is 16.3. The maximum absolute atomic E-state index is 12.3. The van der Waals surface area contributed by atoms with Gasteiger partial charge in [0.2, 0.25) is 0 Å². The first-order chi connectivity index (χ1) is 12.3. The van der Waals surface area contributed by atoms with Crippen LogP contribution in [0.5, 0.6) is 0 Å². The van der Waals surface area contributed by atoms with E-state index < -0.39 is 0 Å². The lowest BCUT2D eigenvalue weighted by atomic mass is 9.98. The van der Waals surface area contributed by atoms with Gasteiger partial charge in [0.25, 0.3) is 0 Å². The molecule has 2 aromatic rings. The molecule has 25 heavy (non-hydrogen) atoms. The largest absolute Gasteiger partial charge is 0.458 e. The van der Waals surface area contributed by atoms with E-state index in [9.17, 15) is 4.79 Å². The molecule has 0 aromatic heterocycles. The molecule has 0 spiro atoms. The topological polar surface area (TPSA) is 30.7 Å². The van der Waals surface area contributed by atoms with Crippen molar-refractivity contribution < 1.29 is 14.4 Å². The Hall–Kier alpha value is -2.13. The van der Waals surface area contributed by atoms with Crippen LogP contribution in [-0.2, 0) is 11.2 Å². The summed E-state index contributed by atoms with van der Waals surface area (Å²) in [6, 6.07) is 21.4. The van der Waals surface area contributed by atoms with Crippen molar-refractivity contribution in [2.24, 2.45) is 0 Å². The van der Waals surface area contributed by atoms with Crippen molar-refractivity contribution >= 4 is 5.97 Å². The van der Waals surface area contributed by atoms with Gasteiger partial charge in [-0.1, -0.05) is 48.5 Å². The van der Waals surface area contributed by atoms with Crippen molar-refractivity contribution in [3.8, 4) is 0 Å². The summed E-state index contributed by atoms with van der Waals surface area (Å²) < 4.78 is 5.82. The van der Waals surface area contributed by atoms with Crippen LogP contribution >= 0.6 is 0 Å². The molecule has 1 N–H and O–H groups in total. The van der Waals surface area contributed by atoms with Gasteiger partial charge < -0.3 is 9.64 Å². The van der Waals surface area contributed by atoms with E-state index in [-0.39, 0.29) is 12.1 Å². The number of quaternary nitrogens is 1. The second-order valence-electron chi connectivity index (χ2n) is 7.40. The van der Waals surface area contributed by atoms with E-state index in [0.717, 1.165) is 19.3 Å². The number of fused-ring (bicyclic) bond motifs is 2. The molecule has 4 rings (SSSR count). The van der Waals surface area contributed by atoms with Crippen LogP contribution in [0.15, 0.2) is 60.7 Å². The Bertz CT molecular complexity index is 686. The Balaban J connectivity index is 1.33. The fourth-order valence-corrected chi connectivity index (χ4v) is 4.61. The summed E-state index contributed by atoms with van der Waals surface area (Å²) in [4.78, 5) is 14.0. The number of carbonyl (C=O) groups is 1. The van der Waals surface area contributed by atoms with Crippen LogP contribution in [0.3, 0.4) is 0 Å². The van der Waals surface area contributed by atoms with Crippen LogP contribution in [0.4, 0.5) is 0 Å². The Morgan fingerprint density at radius 3 is 2.16 bits per heavy atom. The Morgan fingerprint density at radius 2 is 1.52 bits per heavy atom. The molecule has 3 nitrogen and oxygen atoms in total. The van der Waals surface area contributed by atoms with E-state index in [1.54, 1.807) is 4.90 Å². The molecule has 2 unspecified atom stereocenters. The number of esters is 1. The van der Waals surface area contributed by atoms with E-state index in [1.807, 2.05) is 30.3 Å². The average molecular weight is 336 g/mol. The van der Waals surface area contributed by atoms with Crippen molar-refractivity contribution in [1.29, 1.82) is 0 Å². The van der Waals surface area contributed by atoms with Crippen molar-refractivity contribution in [3.63, 3.8) is 0 Å². The predicted molar refractivity (Wildman–Crippen MR) is 97.7 cm³/mol. The Morgan fingerprint density at radius 1 is 0.920 bits per heavy atom. The fraction of sp³-hybridized carbons (Fsp3) is 0.409. The SMILES string of the molecule is O=C(OC1C[C@H]2CC[C@@H](C1)[NH+]2CCc1ccccc1)c1ccccc1. The van der Waals surface area contributed by atoms with Gasteiger partial charge in [0.05, 0.1) is 24.2 Å². The third kappa shape index (κ3) is 3.77. The molecule has 2 heterocycles. The number of benzene rings is 2. The molecular weight excluding hydrogens is 310 g/mol. The molecule has 0 amide bonds. The van der Waals surface area contributed by atoms with Crippen LogP contribution in [-0.4, -0.2) is 30.7 Å². The third-order valence-electron chi connectivity index (χ3n) is 5.84. The van der Waals surface area contributed by atoms with Gasteiger partial charge in [-0.3, -0.25) is 0 Å². The monoisotopic (exact) mass is 336 g/mol. The minimum Gasteiger partial charge on any atom is -0.458 e. The number of nitrogens with one attached hydrogen (secondary N) is 1. The van der Waals surface area contributed by atoms with Crippen molar-refractivity contribution in [3.05, 3.63) is 71.8 Å². The zero-order chi connectivity index (χ0) is 17.1. The second kappa shape index (κ2) is 7.40. The first-order valence-corrected chi connectivity index (χ1v) is 9.45. The first-order valence-electron chi connectivity index (χ1n) is 9.45. The summed E-state index contributed by atoms with van der Waals surface area (Å²) in [7, 11) is 0. The smallest absolute Gasteiger partial charge is 0.338 e. The van der Waals surface area contributed by atoms with Crippen LogP contribution in [0.25, 0.3) is 0 Å². The molecule has 2 aliphatic rings. The maximum atomic E-state index is 12.3. The molecule has 2 bridgehead atoms. The highest BCUT2D eigenvalue weighted by atomic mass is 16.5. The fourth-order valence-electron chi connectivity index (χ4n) is 4.61. The molecule has 2 aliphatic heterocycles. The van der Waals surface area contributed by atoms with Crippen molar-refractivity contribution in [1.82, 2.24) is 0 Å². The molecule has 0 aliphatic carbocycles. The number of piperidine rings is 1. The summed E-state index contributed by atoms with van der Waals surface area (Å²) in [5.74, 6) is -0.169. The highest BCUT2D eigenvalue weighted by molar-refractivity contribution is 5.89. The van der Waals surface area contributed by atoms with Gasteiger partial charge in [-0.05, 0) is 17.7 Å². The van der Waals surface area contributed by atoms with Crippen LogP contribution in [0.2, 0.25) is 0 Å². The van der Waals surface area contributed by atoms with Gasteiger partial charge in [-0.2, -0.15) is 0 Å². The lowest BCUT2D eigenvalue weighted by Crippen LogP contribution is -3.18. The number of hydrogen-bond donors (Lipinski definition) is 1. The maximum Gasteiger partial charge on any atom is 0.338 e. The zero-order valence-electron chi connectivity index (χ0n) is 14.6. The van der Waals surface area contributed by atoms with E-state index in [4.69, 9.17) is 4.74 Å². The number of hydrogen-bond acceptors (Lipinski definition) is 2. The minimum absolute atomic E-state index is 0.0886. The standard InChI is InChI=1S/C22H25NO2/c24-22(18-9-5-2-6-10-18)25-21-15-19-11-12-20(16-21)23(19)14-13-17-7-3-1-4-8-17/h1-10,19-21H,11-16H2/p+1/t19-,20+,21?. The quantitative estimate of drug-likeness (QED) is 0.851. The van der Waals surface area contributed by atoms with Crippen LogP contribution in [0.1, 0.15) is 41.6 Å². The van der Waals surface area contributed by atoms with Crippen molar-refractivity contribution in [2.45, 2.75) is 50.3 Å². The summed E-state index contributed by atoms with van der Waals surface area (Å²) in [5.41, 5.74) is 2.08. The molecule has 0 radical (unpaired) electrons. The van der Waals surface area contributed by atoms with Gasteiger partial charge in [-0.15, -0.1) is 0 Å². The predicted octanol–water partition coefficient (Wildman–Crippen LogP) is 2.66. The average Bonchev–Trinajstić information content (AvgIpc) is 2.90. The van der Waals surface area contributed by atoms with Crippen molar-refractivity contribution in [2.75, 3.05) is 6.54 Å². The molecular formula is C22H26NO2+. The van der Waals surface area contributed by atoms with Gasteiger partial charge in [0.1, 0.15) is 6.10 Å². The summed E-state index contributed by atoms with van der Waals surface area (Å²) in [6.07, 6.45) is 5.80. The number of carbonyl (C=O) groups excluding carboxylic acids is 1. The Kier molecular flexibility index (Phi) is 4.84. The third-order valence-corrected chi connectivity index (χ3v) is 5.84. The van der Waals surface area contributed by atoms with E-state index >= 15 is 0 Å². The highest BCUT2D eigenvalue weighted by Gasteiger charge is 2.45. The normalized spacial score (nSPS) is 27.8. The number of ether oxygens (including phenoxy) is 1. The van der Waals surface area contributed by atoms with Gasteiger partial charge >= 0.3 is 5.97 Å². The van der Waals surface area contributed by atoms with E-state index in [0.29, 0.717) is 17.6 Å². The summed E-state index contributed by atoms with van der Waals surface area (Å²) in [5, 5.41) is 0. The minimum atomic E-state index is -0.169. The molecule has 2 saturated heterocycles. The molecule has 2 fully saturated rings. The number of rotatable bonds is 5. The van der Waals surface area contributed by atoms with Gasteiger partial charge in [0, 0.05) is 32.1 Å². The van der Waals surface area contributed by atoms with Crippen LogP contribution in [0, 0.1) is 0 Å². The second-order valence-corrected chi connectivity index (χ2v) is 7.40. The van der Waals surface area contributed by atoms with E-state index in [2.05, 4.69) is 30.3 Å². The van der Waals surface area contributed by atoms with Gasteiger partial charge in [-0.25, -0.2) is 4.79 Å². The lowest BCUT2D eigenvalue weighted by molar-refractivity contribution is -0.942. The zero-order valence-corrected chi connectivity index (χ0v) is 14.6. The van der Waals surface area contributed by atoms with Crippen LogP contribution < -0.4 is 4.90 Å². The molecule has 0 saturated carbocycles. The molecule has 130 valence electrons. The van der Waals surface area contributed by atoms with E-state index in [1.165, 1.54) is 24.9 Å². The molecule has 4 atom stereocenters. The lowest BCUT2D eigenvalue weighted by Gasteiger charge is -2.35. The Labute approximate surface area is 149 Å². The summed E-state index contributed by atoms with van der Waals surface area (Å²) in [6.45, 7) is 1.19.